The summed E-state index contributed by atoms with van der Waals surface area (Å²) in [6.07, 6.45) is 2.56. The SMILES string of the molecule is COc1cc2c(Nc3ncc(CC(=O)Nc4cccc(F)c4)s3)ncnc2cc1OCCCC(O)COC(=O)NC(C)(C)C. The molecule has 0 spiro atoms. The Labute approximate surface area is 258 Å². The Hall–Kier alpha value is -4.56. The molecule has 12 nitrogen and oxygen atoms in total. The molecule has 0 radical (unpaired) electrons. The van der Waals surface area contributed by atoms with Gasteiger partial charge in [0.05, 0.1) is 31.8 Å². The number of rotatable bonds is 13. The number of anilines is 3. The van der Waals surface area contributed by atoms with Crippen LogP contribution in [0.5, 0.6) is 11.5 Å². The monoisotopic (exact) mass is 626 g/mol. The van der Waals surface area contributed by atoms with Crippen LogP contribution >= 0.6 is 11.3 Å². The lowest BCUT2D eigenvalue weighted by atomic mass is 10.1. The Morgan fingerprint density at radius 2 is 1.93 bits per heavy atom. The zero-order valence-electron chi connectivity index (χ0n) is 24.8. The number of methoxy groups -OCH3 is 1. The Kier molecular flexibility index (Phi) is 10.8. The molecule has 2 heterocycles. The van der Waals surface area contributed by atoms with Crippen molar-refractivity contribution in [2.75, 3.05) is 31.0 Å². The molecule has 0 saturated carbocycles. The van der Waals surface area contributed by atoms with E-state index in [1.54, 1.807) is 24.4 Å². The molecule has 0 saturated heterocycles. The van der Waals surface area contributed by atoms with E-state index in [1.165, 1.54) is 43.0 Å². The predicted octanol–water partition coefficient (Wildman–Crippen LogP) is 5.20. The summed E-state index contributed by atoms with van der Waals surface area (Å²) in [5.74, 6) is 0.707. The van der Waals surface area contributed by atoms with Gasteiger partial charge in [0.1, 0.15) is 24.6 Å². The molecule has 0 aliphatic rings. The minimum Gasteiger partial charge on any atom is -0.493 e. The molecule has 1 atom stereocenters. The molecule has 4 aromatic rings. The quantitative estimate of drug-likeness (QED) is 0.145. The van der Waals surface area contributed by atoms with E-state index < -0.39 is 23.6 Å². The maximum absolute atomic E-state index is 13.4. The number of alkyl carbamates (subject to hydrolysis) is 1. The van der Waals surface area contributed by atoms with E-state index in [2.05, 4.69) is 30.9 Å². The average Bonchev–Trinajstić information content (AvgIpc) is 3.39. The van der Waals surface area contributed by atoms with Crippen LogP contribution in [0.4, 0.5) is 25.8 Å². The van der Waals surface area contributed by atoms with Gasteiger partial charge in [0.25, 0.3) is 0 Å². The number of carbonyl (C=O) groups is 2. The number of carbonyl (C=O) groups excluding carboxylic acids is 2. The van der Waals surface area contributed by atoms with Crippen molar-refractivity contribution >= 4 is 50.9 Å². The van der Waals surface area contributed by atoms with Gasteiger partial charge in [0.15, 0.2) is 16.6 Å². The van der Waals surface area contributed by atoms with Gasteiger partial charge in [0.2, 0.25) is 5.91 Å². The summed E-state index contributed by atoms with van der Waals surface area (Å²) < 4.78 is 29.9. The molecule has 0 fully saturated rings. The summed E-state index contributed by atoms with van der Waals surface area (Å²) in [6, 6.07) is 9.19. The highest BCUT2D eigenvalue weighted by molar-refractivity contribution is 7.15. The van der Waals surface area contributed by atoms with E-state index in [4.69, 9.17) is 14.2 Å². The number of thiazole rings is 1. The number of halogens is 1. The Morgan fingerprint density at radius 3 is 2.68 bits per heavy atom. The van der Waals surface area contributed by atoms with Gasteiger partial charge in [-0.2, -0.15) is 0 Å². The van der Waals surface area contributed by atoms with Gasteiger partial charge in [0, 0.05) is 33.8 Å². The predicted molar refractivity (Wildman–Crippen MR) is 165 cm³/mol. The molecule has 0 aliphatic carbocycles. The van der Waals surface area contributed by atoms with Crippen LogP contribution in [0.15, 0.2) is 48.9 Å². The third kappa shape index (κ3) is 9.74. The van der Waals surface area contributed by atoms with Crippen LogP contribution < -0.4 is 25.4 Å². The molecule has 0 aliphatic heterocycles. The number of nitrogens with zero attached hydrogens (tertiary/aromatic N) is 3. The van der Waals surface area contributed by atoms with Crippen molar-refractivity contribution in [3.8, 4) is 11.5 Å². The highest BCUT2D eigenvalue weighted by Crippen LogP contribution is 2.35. The molecule has 234 valence electrons. The minimum absolute atomic E-state index is 0.0749. The Bertz CT molecular complexity index is 1590. The third-order valence-corrected chi connectivity index (χ3v) is 6.88. The van der Waals surface area contributed by atoms with Crippen LogP contribution in [0.25, 0.3) is 10.9 Å². The van der Waals surface area contributed by atoms with Crippen molar-refractivity contribution in [3.05, 3.63) is 59.6 Å². The van der Waals surface area contributed by atoms with Crippen molar-refractivity contribution in [3.63, 3.8) is 0 Å². The number of aliphatic hydroxyl groups excluding tert-OH is 1. The van der Waals surface area contributed by atoms with E-state index in [1.807, 2.05) is 20.8 Å². The largest absolute Gasteiger partial charge is 0.493 e. The highest BCUT2D eigenvalue weighted by atomic mass is 32.1. The van der Waals surface area contributed by atoms with Crippen LogP contribution in [0.2, 0.25) is 0 Å². The number of hydrogen-bond acceptors (Lipinski definition) is 11. The molecule has 44 heavy (non-hydrogen) atoms. The second-order valence-electron chi connectivity index (χ2n) is 10.9. The number of benzene rings is 2. The molecule has 4 rings (SSSR count). The van der Waals surface area contributed by atoms with Gasteiger partial charge < -0.3 is 35.3 Å². The zero-order valence-corrected chi connectivity index (χ0v) is 25.7. The average molecular weight is 627 g/mol. The molecule has 0 bridgehead atoms. The molecular formula is C30H35FN6O6S. The summed E-state index contributed by atoms with van der Waals surface area (Å²) in [5, 5.41) is 19.9. The number of aromatic nitrogens is 3. The number of nitrogens with one attached hydrogen (secondary N) is 3. The third-order valence-electron chi connectivity index (χ3n) is 5.97. The van der Waals surface area contributed by atoms with Crippen LogP contribution in [0.3, 0.4) is 0 Å². The standard InChI is InChI=1S/C30H35FN6O6S/c1-30(2,3)37-29(40)43-16-20(38)9-6-10-42-25-14-23-22(13-24(25)41-4)27(34-17-33-23)36-28-32-15-21(44-28)12-26(39)35-19-8-5-7-18(31)11-19/h5,7-8,11,13-15,17,20,38H,6,9-10,12,16H2,1-4H3,(H,35,39)(H,37,40)(H,32,33,34,36). The van der Waals surface area contributed by atoms with Crippen LogP contribution in [-0.4, -0.2) is 64.0 Å². The lowest BCUT2D eigenvalue weighted by Crippen LogP contribution is -2.41. The summed E-state index contributed by atoms with van der Waals surface area (Å²) in [7, 11) is 1.52. The van der Waals surface area contributed by atoms with Crippen LogP contribution in [-0.2, 0) is 16.0 Å². The first-order valence-corrected chi connectivity index (χ1v) is 14.7. The molecule has 14 heteroatoms. The van der Waals surface area contributed by atoms with Gasteiger partial charge in [-0.05, 0) is 57.9 Å². The number of ether oxygens (including phenoxy) is 3. The van der Waals surface area contributed by atoms with E-state index in [0.717, 1.165) is 0 Å². The van der Waals surface area contributed by atoms with Gasteiger partial charge in [-0.15, -0.1) is 11.3 Å². The number of amides is 2. The van der Waals surface area contributed by atoms with Crippen molar-refractivity contribution in [2.45, 2.75) is 51.7 Å². The van der Waals surface area contributed by atoms with Gasteiger partial charge in [-0.25, -0.2) is 24.1 Å². The van der Waals surface area contributed by atoms with Crippen molar-refractivity contribution < 1.29 is 33.3 Å². The second-order valence-corrected chi connectivity index (χ2v) is 12.0. The van der Waals surface area contributed by atoms with E-state index >= 15 is 0 Å². The van der Waals surface area contributed by atoms with Crippen molar-refractivity contribution in [1.82, 2.24) is 20.3 Å². The first-order valence-electron chi connectivity index (χ1n) is 13.8. The van der Waals surface area contributed by atoms with Crippen LogP contribution in [0.1, 0.15) is 38.5 Å². The molecule has 2 amide bonds. The van der Waals surface area contributed by atoms with E-state index in [9.17, 15) is 19.1 Å². The molecular weight excluding hydrogens is 591 g/mol. The fraction of sp³-hybridized carbons (Fsp3) is 0.367. The molecule has 2 aromatic carbocycles. The van der Waals surface area contributed by atoms with Crippen molar-refractivity contribution in [2.24, 2.45) is 0 Å². The fourth-order valence-electron chi connectivity index (χ4n) is 4.01. The first kappa shape index (κ1) is 32.4. The molecule has 1 unspecified atom stereocenters. The first-order chi connectivity index (χ1) is 21.0. The highest BCUT2D eigenvalue weighted by Gasteiger charge is 2.17. The number of fused-ring (bicyclic) bond motifs is 1. The lowest BCUT2D eigenvalue weighted by Gasteiger charge is -2.20. The van der Waals surface area contributed by atoms with Gasteiger partial charge >= 0.3 is 6.09 Å². The lowest BCUT2D eigenvalue weighted by molar-refractivity contribution is -0.115. The number of aliphatic hydroxyl groups is 1. The normalized spacial score (nSPS) is 12.0. The van der Waals surface area contributed by atoms with Gasteiger partial charge in [-0.3, -0.25) is 4.79 Å². The second kappa shape index (κ2) is 14.8. The Balaban J connectivity index is 1.32. The topological polar surface area (TPSA) is 157 Å². The summed E-state index contributed by atoms with van der Waals surface area (Å²) in [4.78, 5) is 37.9. The van der Waals surface area contributed by atoms with Crippen molar-refractivity contribution in [1.29, 1.82) is 0 Å². The summed E-state index contributed by atoms with van der Waals surface area (Å²) >= 11 is 1.29. The van der Waals surface area contributed by atoms with Gasteiger partial charge in [-0.1, -0.05) is 6.07 Å². The summed E-state index contributed by atoms with van der Waals surface area (Å²) in [6.45, 7) is 5.69. The Morgan fingerprint density at radius 1 is 1.11 bits per heavy atom. The van der Waals surface area contributed by atoms with Crippen LogP contribution in [0, 0.1) is 5.82 Å². The van der Waals surface area contributed by atoms with E-state index in [0.29, 0.717) is 56.8 Å². The maximum atomic E-state index is 13.4. The summed E-state index contributed by atoms with van der Waals surface area (Å²) in [5.41, 5.74) is 0.559. The number of hydrogen-bond donors (Lipinski definition) is 4. The van der Waals surface area contributed by atoms with E-state index in [-0.39, 0.29) is 25.5 Å². The molecule has 4 N–H and O–H groups in total. The molecule has 2 aromatic heterocycles. The maximum Gasteiger partial charge on any atom is 0.407 e. The smallest absolute Gasteiger partial charge is 0.407 e. The minimum atomic E-state index is -0.821. The zero-order chi connectivity index (χ0) is 31.7. The fourth-order valence-corrected chi connectivity index (χ4v) is 4.82.